The molecule has 0 aromatic carbocycles. The van der Waals surface area contributed by atoms with Crippen LogP contribution in [0.3, 0.4) is 0 Å². The maximum Gasteiger partial charge on any atom is 0.309 e. The molecule has 0 aliphatic carbocycles. The number of nitriles is 1. The molecule has 0 aliphatic rings. The summed E-state index contributed by atoms with van der Waals surface area (Å²) in [6.45, 7) is 0. The lowest BCUT2D eigenvalue weighted by Crippen LogP contribution is -2.08. The van der Waals surface area contributed by atoms with Gasteiger partial charge in [0.25, 0.3) is 6.43 Å². The summed E-state index contributed by atoms with van der Waals surface area (Å²) in [7, 11) is 0. The fourth-order valence-corrected chi connectivity index (χ4v) is 1.14. The fraction of sp³-hybridized carbons (Fsp3) is 0.222. The highest BCUT2D eigenvalue weighted by molar-refractivity contribution is 5.70. The predicted octanol–water partition coefficient (Wildman–Crippen LogP) is 1.52. The molecule has 78 valence electrons. The molecule has 0 atom stereocenters. The Morgan fingerprint density at radius 3 is 2.80 bits per heavy atom. The van der Waals surface area contributed by atoms with Crippen LogP contribution in [0.25, 0.3) is 0 Å². The molecule has 0 unspecified atom stereocenters. The van der Waals surface area contributed by atoms with E-state index < -0.39 is 24.4 Å². The second-order valence-electron chi connectivity index (χ2n) is 2.70. The van der Waals surface area contributed by atoms with Crippen LogP contribution in [0, 0.1) is 11.3 Å². The van der Waals surface area contributed by atoms with Crippen molar-refractivity contribution in [3.05, 3.63) is 29.1 Å². The second-order valence-corrected chi connectivity index (χ2v) is 2.70. The first-order valence-electron chi connectivity index (χ1n) is 3.94. The topological polar surface area (TPSA) is 74.0 Å². The smallest absolute Gasteiger partial charge is 0.309 e. The van der Waals surface area contributed by atoms with E-state index in [9.17, 15) is 13.6 Å². The van der Waals surface area contributed by atoms with Gasteiger partial charge in [0.15, 0.2) is 0 Å². The van der Waals surface area contributed by atoms with Crippen LogP contribution in [0.2, 0.25) is 0 Å². The summed E-state index contributed by atoms with van der Waals surface area (Å²) in [5.41, 5.74) is -1.10. The number of aromatic nitrogens is 1. The van der Waals surface area contributed by atoms with Crippen molar-refractivity contribution in [1.29, 1.82) is 5.26 Å². The van der Waals surface area contributed by atoms with E-state index >= 15 is 0 Å². The number of alkyl halides is 2. The van der Waals surface area contributed by atoms with Gasteiger partial charge < -0.3 is 5.11 Å². The molecule has 1 aromatic rings. The molecular weight excluding hydrogens is 206 g/mol. The van der Waals surface area contributed by atoms with Crippen molar-refractivity contribution in [3.63, 3.8) is 0 Å². The summed E-state index contributed by atoms with van der Waals surface area (Å²) >= 11 is 0. The van der Waals surface area contributed by atoms with Gasteiger partial charge >= 0.3 is 5.97 Å². The molecule has 0 amide bonds. The first kappa shape index (κ1) is 11.0. The van der Waals surface area contributed by atoms with Crippen molar-refractivity contribution in [2.24, 2.45) is 0 Å². The maximum absolute atomic E-state index is 12.5. The Morgan fingerprint density at radius 2 is 2.33 bits per heavy atom. The van der Waals surface area contributed by atoms with Crippen LogP contribution in [0.5, 0.6) is 0 Å². The summed E-state index contributed by atoms with van der Waals surface area (Å²) in [5.74, 6) is -1.26. The molecule has 0 spiro atoms. The highest BCUT2D eigenvalue weighted by atomic mass is 19.3. The molecule has 1 heterocycles. The van der Waals surface area contributed by atoms with Gasteiger partial charge in [-0.25, -0.2) is 8.78 Å². The highest BCUT2D eigenvalue weighted by Gasteiger charge is 2.20. The molecule has 1 aromatic heterocycles. The minimum absolute atomic E-state index is 0.240. The largest absolute Gasteiger partial charge is 0.481 e. The highest BCUT2D eigenvalue weighted by Crippen LogP contribution is 2.25. The molecule has 0 fully saturated rings. The van der Waals surface area contributed by atoms with Crippen molar-refractivity contribution in [2.75, 3.05) is 0 Å². The molecule has 0 radical (unpaired) electrons. The van der Waals surface area contributed by atoms with Crippen LogP contribution in [0.15, 0.2) is 12.3 Å². The van der Waals surface area contributed by atoms with Crippen LogP contribution in [0.1, 0.15) is 23.2 Å². The summed E-state index contributed by atoms with van der Waals surface area (Å²) in [4.78, 5) is 13.9. The summed E-state index contributed by atoms with van der Waals surface area (Å²) in [5, 5.41) is 17.0. The zero-order valence-electron chi connectivity index (χ0n) is 7.44. The average molecular weight is 212 g/mol. The maximum atomic E-state index is 12.5. The van der Waals surface area contributed by atoms with Crippen molar-refractivity contribution >= 4 is 5.97 Å². The van der Waals surface area contributed by atoms with E-state index in [1.807, 2.05) is 0 Å². The van der Waals surface area contributed by atoms with Crippen LogP contribution < -0.4 is 0 Å². The number of aliphatic carboxylic acids is 1. The number of hydrogen-bond donors (Lipinski definition) is 1. The molecular formula is C9H6F2N2O2. The van der Waals surface area contributed by atoms with Crippen molar-refractivity contribution in [1.82, 2.24) is 4.98 Å². The Bertz CT molecular complexity index is 427. The molecule has 0 aliphatic heterocycles. The summed E-state index contributed by atoms with van der Waals surface area (Å²) in [6, 6.07) is 2.71. The number of hydrogen-bond acceptors (Lipinski definition) is 3. The lowest BCUT2D eigenvalue weighted by atomic mass is 10.1. The first-order valence-corrected chi connectivity index (χ1v) is 3.94. The number of rotatable bonds is 3. The molecule has 6 heteroatoms. The van der Waals surface area contributed by atoms with Gasteiger partial charge in [-0.3, -0.25) is 9.78 Å². The number of carboxylic acid groups (broad SMARTS) is 1. The number of halogens is 2. The van der Waals surface area contributed by atoms with E-state index in [0.717, 1.165) is 12.3 Å². The number of nitrogens with zero attached hydrogens (tertiary/aromatic N) is 2. The summed E-state index contributed by atoms with van der Waals surface area (Å²) in [6.07, 6.45) is -2.37. The Kier molecular flexibility index (Phi) is 3.29. The Morgan fingerprint density at radius 1 is 1.67 bits per heavy atom. The number of carboxylic acids is 1. The van der Waals surface area contributed by atoms with Crippen LogP contribution in [-0.4, -0.2) is 16.1 Å². The average Bonchev–Trinajstić information content (AvgIpc) is 2.15. The van der Waals surface area contributed by atoms with Crippen molar-refractivity contribution in [2.45, 2.75) is 12.8 Å². The zero-order chi connectivity index (χ0) is 11.4. The summed E-state index contributed by atoms with van der Waals surface area (Å²) < 4.78 is 25.1. The molecule has 0 bridgehead atoms. The molecule has 0 saturated heterocycles. The SMILES string of the molecule is N#Cc1ccnc(CC(=O)O)c1C(F)F. The molecule has 4 nitrogen and oxygen atoms in total. The van der Waals surface area contributed by atoms with Crippen LogP contribution in [-0.2, 0) is 11.2 Å². The Hall–Kier alpha value is -2.03. The van der Waals surface area contributed by atoms with E-state index in [1.54, 1.807) is 6.07 Å². The van der Waals surface area contributed by atoms with Gasteiger partial charge in [0.2, 0.25) is 0 Å². The van der Waals surface area contributed by atoms with Crippen LogP contribution >= 0.6 is 0 Å². The quantitative estimate of drug-likeness (QED) is 0.824. The van der Waals surface area contributed by atoms with Crippen LogP contribution in [0.4, 0.5) is 8.78 Å². The van der Waals surface area contributed by atoms with Gasteiger partial charge in [-0.05, 0) is 6.07 Å². The lowest BCUT2D eigenvalue weighted by Gasteiger charge is -2.06. The number of pyridine rings is 1. The zero-order valence-corrected chi connectivity index (χ0v) is 7.44. The van der Waals surface area contributed by atoms with E-state index in [1.165, 1.54) is 0 Å². The van der Waals surface area contributed by atoms with Gasteiger partial charge in [-0.15, -0.1) is 0 Å². The Labute approximate surface area is 83.8 Å². The molecule has 1 N–H and O–H groups in total. The minimum atomic E-state index is -2.90. The third-order valence-electron chi connectivity index (χ3n) is 1.73. The van der Waals surface area contributed by atoms with Gasteiger partial charge in [-0.2, -0.15) is 5.26 Å². The van der Waals surface area contributed by atoms with Crippen molar-refractivity contribution < 1.29 is 18.7 Å². The van der Waals surface area contributed by atoms with Gasteiger partial charge in [0, 0.05) is 6.20 Å². The fourth-order valence-electron chi connectivity index (χ4n) is 1.14. The lowest BCUT2D eigenvalue weighted by molar-refractivity contribution is -0.136. The second kappa shape index (κ2) is 4.46. The van der Waals surface area contributed by atoms with E-state index in [-0.39, 0.29) is 11.3 Å². The third-order valence-corrected chi connectivity index (χ3v) is 1.73. The normalized spacial score (nSPS) is 10.0. The monoisotopic (exact) mass is 212 g/mol. The third kappa shape index (κ3) is 2.47. The van der Waals surface area contributed by atoms with Gasteiger partial charge in [0.05, 0.1) is 29.3 Å². The standard InChI is InChI=1S/C9H6F2N2O2/c10-9(11)8-5(4-12)1-2-13-6(8)3-7(14)15/h1-2,9H,3H2,(H,14,15). The minimum Gasteiger partial charge on any atom is -0.481 e. The predicted molar refractivity (Wildman–Crippen MR) is 45.2 cm³/mol. The van der Waals surface area contributed by atoms with E-state index in [0.29, 0.717) is 0 Å². The van der Waals surface area contributed by atoms with E-state index in [2.05, 4.69) is 4.98 Å². The molecule has 1 rings (SSSR count). The van der Waals surface area contributed by atoms with E-state index in [4.69, 9.17) is 10.4 Å². The van der Waals surface area contributed by atoms with Crippen molar-refractivity contribution in [3.8, 4) is 6.07 Å². The first-order chi connectivity index (χ1) is 7.06. The van der Waals surface area contributed by atoms with Gasteiger partial charge in [0.1, 0.15) is 0 Å². The Balaban J connectivity index is 3.26. The molecule has 15 heavy (non-hydrogen) atoms. The molecule has 0 saturated carbocycles. The number of carbonyl (C=O) groups is 1. The van der Waals surface area contributed by atoms with Gasteiger partial charge in [-0.1, -0.05) is 0 Å².